The summed E-state index contributed by atoms with van der Waals surface area (Å²) in [6, 6.07) is 3.83. The third-order valence-electron chi connectivity index (χ3n) is 4.23. The standard InChI is InChI=1S/C15H19ClN4O2/c1-18-12-7-10(17-14(21)9-16)11(20-5-3-4-6-20)8-13(12)19(2)15(18)22/h7-8H,3-6,9H2,1-2H3,(H,17,21). The Morgan fingerprint density at radius 3 is 2.36 bits per heavy atom. The van der Waals surface area contributed by atoms with E-state index in [4.69, 9.17) is 11.6 Å². The summed E-state index contributed by atoms with van der Waals surface area (Å²) >= 11 is 5.61. The molecule has 1 aliphatic heterocycles. The van der Waals surface area contributed by atoms with Crippen molar-refractivity contribution >= 4 is 39.9 Å². The van der Waals surface area contributed by atoms with E-state index in [2.05, 4.69) is 10.2 Å². The Morgan fingerprint density at radius 2 is 1.77 bits per heavy atom. The number of fused-ring (bicyclic) bond motifs is 1. The molecule has 1 aromatic carbocycles. The SMILES string of the molecule is Cn1c(=O)n(C)c2cc(N3CCCC3)c(NC(=O)CCl)cc21. The number of halogens is 1. The highest BCUT2D eigenvalue weighted by molar-refractivity contribution is 6.29. The van der Waals surface area contributed by atoms with Crippen molar-refractivity contribution in [2.75, 3.05) is 29.2 Å². The highest BCUT2D eigenvalue weighted by Crippen LogP contribution is 2.33. The van der Waals surface area contributed by atoms with Crippen LogP contribution < -0.4 is 15.9 Å². The molecule has 0 atom stereocenters. The molecule has 0 bridgehead atoms. The van der Waals surface area contributed by atoms with E-state index < -0.39 is 0 Å². The van der Waals surface area contributed by atoms with Gasteiger partial charge in [-0.15, -0.1) is 11.6 Å². The van der Waals surface area contributed by atoms with Crippen LogP contribution in [0, 0.1) is 0 Å². The molecule has 118 valence electrons. The first-order valence-electron chi connectivity index (χ1n) is 7.33. The van der Waals surface area contributed by atoms with Crippen molar-refractivity contribution in [3.05, 3.63) is 22.6 Å². The lowest BCUT2D eigenvalue weighted by Gasteiger charge is -2.22. The van der Waals surface area contributed by atoms with E-state index in [9.17, 15) is 9.59 Å². The number of nitrogens with one attached hydrogen (secondary N) is 1. The summed E-state index contributed by atoms with van der Waals surface area (Å²) in [4.78, 5) is 26.1. The molecule has 0 unspecified atom stereocenters. The van der Waals surface area contributed by atoms with Crippen LogP contribution in [-0.4, -0.2) is 34.0 Å². The van der Waals surface area contributed by atoms with Crippen molar-refractivity contribution in [1.82, 2.24) is 9.13 Å². The molecule has 0 radical (unpaired) electrons. The lowest BCUT2D eigenvalue weighted by molar-refractivity contribution is -0.113. The maximum absolute atomic E-state index is 12.1. The average molecular weight is 323 g/mol. The number of alkyl halides is 1. The summed E-state index contributed by atoms with van der Waals surface area (Å²) in [6.45, 7) is 1.91. The number of anilines is 2. The Bertz CT molecular complexity index is 787. The number of carbonyl (C=O) groups is 1. The number of hydrogen-bond donors (Lipinski definition) is 1. The van der Waals surface area contributed by atoms with Crippen molar-refractivity contribution in [3.63, 3.8) is 0 Å². The highest BCUT2D eigenvalue weighted by atomic mass is 35.5. The van der Waals surface area contributed by atoms with Crippen molar-refractivity contribution in [2.45, 2.75) is 12.8 Å². The van der Waals surface area contributed by atoms with Gasteiger partial charge in [0.25, 0.3) is 0 Å². The van der Waals surface area contributed by atoms with Crippen LogP contribution in [0.1, 0.15) is 12.8 Å². The largest absolute Gasteiger partial charge is 0.370 e. The topological polar surface area (TPSA) is 59.3 Å². The number of aromatic nitrogens is 2. The molecule has 22 heavy (non-hydrogen) atoms. The molecule has 6 nitrogen and oxygen atoms in total. The molecule has 1 N–H and O–H groups in total. The lowest BCUT2D eigenvalue weighted by Crippen LogP contribution is -2.21. The van der Waals surface area contributed by atoms with E-state index in [0.29, 0.717) is 5.69 Å². The second-order valence-electron chi connectivity index (χ2n) is 5.63. The van der Waals surface area contributed by atoms with Gasteiger partial charge in [0.15, 0.2) is 0 Å². The van der Waals surface area contributed by atoms with Crippen LogP contribution in [0.5, 0.6) is 0 Å². The number of imidazole rings is 1. The molecule has 1 aromatic heterocycles. The maximum atomic E-state index is 12.1. The van der Waals surface area contributed by atoms with E-state index in [1.807, 2.05) is 12.1 Å². The Morgan fingerprint density at radius 1 is 1.18 bits per heavy atom. The van der Waals surface area contributed by atoms with Crippen LogP contribution >= 0.6 is 11.6 Å². The van der Waals surface area contributed by atoms with Gasteiger partial charge in [0.05, 0.1) is 22.4 Å². The molecule has 3 rings (SSSR count). The Kier molecular flexibility index (Phi) is 3.87. The molecule has 2 heterocycles. The van der Waals surface area contributed by atoms with Crippen molar-refractivity contribution < 1.29 is 4.79 Å². The van der Waals surface area contributed by atoms with Crippen LogP contribution in [0.4, 0.5) is 11.4 Å². The van der Waals surface area contributed by atoms with E-state index in [1.54, 1.807) is 23.2 Å². The molecule has 0 saturated carbocycles. The van der Waals surface area contributed by atoms with Gasteiger partial charge >= 0.3 is 5.69 Å². The van der Waals surface area contributed by atoms with Gasteiger partial charge in [0.1, 0.15) is 5.88 Å². The zero-order chi connectivity index (χ0) is 15.9. The van der Waals surface area contributed by atoms with Gasteiger partial charge in [-0.1, -0.05) is 0 Å². The second-order valence-corrected chi connectivity index (χ2v) is 5.90. The number of hydrogen-bond acceptors (Lipinski definition) is 3. The van der Waals surface area contributed by atoms with Crippen LogP contribution in [0.15, 0.2) is 16.9 Å². The zero-order valence-corrected chi connectivity index (χ0v) is 13.5. The second kappa shape index (κ2) is 5.68. The minimum atomic E-state index is -0.248. The first-order chi connectivity index (χ1) is 10.5. The predicted octanol–water partition coefficient (Wildman–Crippen LogP) is 1.65. The quantitative estimate of drug-likeness (QED) is 0.874. The fourth-order valence-corrected chi connectivity index (χ4v) is 3.10. The molecule has 7 heteroatoms. The fraction of sp³-hybridized carbons (Fsp3) is 0.467. The Balaban J connectivity index is 2.20. The third-order valence-corrected chi connectivity index (χ3v) is 4.47. The number of nitrogens with zero attached hydrogens (tertiary/aromatic N) is 3. The predicted molar refractivity (Wildman–Crippen MR) is 89.0 cm³/mol. The smallest absolute Gasteiger partial charge is 0.328 e. The zero-order valence-electron chi connectivity index (χ0n) is 12.7. The number of amides is 1. The summed E-state index contributed by atoms with van der Waals surface area (Å²) in [5.41, 5.74) is 3.23. The number of aryl methyl sites for hydroxylation is 2. The summed E-state index contributed by atoms with van der Waals surface area (Å²) < 4.78 is 3.21. The van der Waals surface area contributed by atoms with E-state index >= 15 is 0 Å². The normalized spacial score (nSPS) is 14.8. The van der Waals surface area contributed by atoms with Gasteiger partial charge in [-0.2, -0.15) is 0 Å². The molecule has 0 spiro atoms. The molecule has 1 amide bonds. The summed E-state index contributed by atoms with van der Waals surface area (Å²) in [5.74, 6) is -0.340. The van der Waals surface area contributed by atoms with E-state index in [0.717, 1.165) is 42.7 Å². The van der Waals surface area contributed by atoms with Gasteiger partial charge in [0, 0.05) is 27.2 Å². The van der Waals surface area contributed by atoms with Gasteiger partial charge in [-0.05, 0) is 25.0 Å². The third kappa shape index (κ3) is 2.37. The molecule has 1 aliphatic rings. The van der Waals surface area contributed by atoms with Crippen molar-refractivity contribution in [1.29, 1.82) is 0 Å². The first kappa shape index (κ1) is 15.0. The summed E-state index contributed by atoms with van der Waals surface area (Å²) in [5, 5.41) is 2.85. The number of benzene rings is 1. The summed E-state index contributed by atoms with van der Waals surface area (Å²) in [7, 11) is 3.49. The average Bonchev–Trinajstić information content (AvgIpc) is 3.12. The minimum absolute atomic E-state index is 0.0804. The maximum Gasteiger partial charge on any atom is 0.328 e. The van der Waals surface area contributed by atoms with Crippen molar-refractivity contribution in [2.24, 2.45) is 14.1 Å². The molecule has 0 aliphatic carbocycles. The van der Waals surface area contributed by atoms with Gasteiger partial charge in [-0.25, -0.2) is 4.79 Å². The van der Waals surface area contributed by atoms with Gasteiger partial charge < -0.3 is 10.2 Å². The van der Waals surface area contributed by atoms with Gasteiger partial charge in [-0.3, -0.25) is 13.9 Å². The van der Waals surface area contributed by atoms with Crippen LogP contribution in [-0.2, 0) is 18.9 Å². The van der Waals surface area contributed by atoms with Crippen LogP contribution in [0.25, 0.3) is 11.0 Å². The molecular weight excluding hydrogens is 304 g/mol. The molecule has 1 saturated heterocycles. The molecular formula is C15H19ClN4O2. The van der Waals surface area contributed by atoms with Crippen molar-refractivity contribution in [3.8, 4) is 0 Å². The van der Waals surface area contributed by atoms with E-state index in [1.165, 1.54) is 0 Å². The Hall–Kier alpha value is -1.95. The fourth-order valence-electron chi connectivity index (χ4n) is 3.04. The molecule has 1 fully saturated rings. The summed E-state index contributed by atoms with van der Waals surface area (Å²) in [6.07, 6.45) is 2.27. The monoisotopic (exact) mass is 322 g/mol. The van der Waals surface area contributed by atoms with Crippen LogP contribution in [0.3, 0.4) is 0 Å². The lowest BCUT2D eigenvalue weighted by atomic mass is 10.2. The van der Waals surface area contributed by atoms with Gasteiger partial charge in [0.2, 0.25) is 5.91 Å². The number of carbonyl (C=O) groups excluding carboxylic acids is 1. The van der Waals surface area contributed by atoms with E-state index in [-0.39, 0.29) is 17.5 Å². The first-order valence-corrected chi connectivity index (χ1v) is 7.86. The van der Waals surface area contributed by atoms with Crippen LogP contribution in [0.2, 0.25) is 0 Å². The number of rotatable bonds is 3. The highest BCUT2D eigenvalue weighted by Gasteiger charge is 2.20. The molecule has 2 aromatic rings. The Labute approximate surface area is 133 Å². The minimum Gasteiger partial charge on any atom is -0.370 e.